The van der Waals surface area contributed by atoms with Gasteiger partial charge in [0.15, 0.2) is 0 Å². The van der Waals surface area contributed by atoms with Gasteiger partial charge in [0, 0.05) is 0 Å². The SMILES string of the molecule is CCC(C)OC(=O)C(=Cc1ccc(OC)cc1)C(=O)O. The van der Waals surface area contributed by atoms with Gasteiger partial charge in [-0.2, -0.15) is 0 Å². The normalized spacial score (nSPS) is 12.7. The number of carbonyl (C=O) groups excluding carboxylic acids is 1. The summed E-state index contributed by atoms with van der Waals surface area (Å²) in [5, 5.41) is 9.10. The van der Waals surface area contributed by atoms with Gasteiger partial charge in [-0.05, 0) is 37.1 Å². The summed E-state index contributed by atoms with van der Waals surface area (Å²) in [6.07, 6.45) is 1.59. The van der Waals surface area contributed by atoms with E-state index in [9.17, 15) is 9.59 Å². The van der Waals surface area contributed by atoms with Crippen molar-refractivity contribution < 1.29 is 24.2 Å². The molecule has 108 valence electrons. The van der Waals surface area contributed by atoms with Crippen molar-refractivity contribution in [3.8, 4) is 5.75 Å². The molecule has 1 unspecified atom stereocenters. The molecule has 5 heteroatoms. The van der Waals surface area contributed by atoms with Crippen LogP contribution in [-0.4, -0.2) is 30.3 Å². The Morgan fingerprint density at radius 1 is 1.30 bits per heavy atom. The van der Waals surface area contributed by atoms with Crippen molar-refractivity contribution in [2.75, 3.05) is 7.11 Å². The number of rotatable bonds is 6. The molecule has 0 bridgehead atoms. The fourth-order valence-electron chi connectivity index (χ4n) is 1.40. The van der Waals surface area contributed by atoms with E-state index in [0.717, 1.165) is 0 Å². The molecule has 5 nitrogen and oxygen atoms in total. The average Bonchev–Trinajstić information content (AvgIpc) is 2.44. The van der Waals surface area contributed by atoms with Crippen LogP contribution in [0.25, 0.3) is 6.08 Å². The molecular weight excluding hydrogens is 260 g/mol. The number of esters is 1. The number of carbonyl (C=O) groups is 2. The molecule has 0 amide bonds. The largest absolute Gasteiger partial charge is 0.497 e. The summed E-state index contributed by atoms with van der Waals surface area (Å²) in [6.45, 7) is 3.57. The molecule has 0 saturated heterocycles. The molecule has 0 aliphatic rings. The number of hydrogen-bond acceptors (Lipinski definition) is 4. The maximum atomic E-state index is 11.8. The maximum absolute atomic E-state index is 11.8. The zero-order chi connectivity index (χ0) is 15.1. The molecule has 1 aromatic rings. The molecule has 1 aromatic carbocycles. The number of hydrogen-bond donors (Lipinski definition) is 1. The highest BCUT2D eigenvalue weighted by Crippen LogP contribution is 2.15. The van der Waals surface area contributed by atoms with Crippen molar-refractivity contribution in [1.29, 1.82) is 0 Å². The number of benzene rings is 1. The van der Waals surface area contributed by atoms with Crippen LogP contribution < -0.4 is 4.74 Å². The first-order valence-electron chi connectivity index (χ1n) is 6.28. The van der Waals surface area contributed by atoms with E-state index < -0.39 is 17.5 Å². The van der Waals surface area contributed by atoms with E-state index in [2.05, 4.69) is 0 Å². The van der Waals surface area contributed by atoms with E-state index in [0.29, 0.717) is 17.7 Å². The standard InChI is InChI=1S/C15H18O5/c1-4-10(2)20-15(18)13(14(16)17)9-11-5-7-12(19-3)8-6-11/h5-10H,4H2,1-3H3,(H,16,17). The predicted molar refractivity (Wildman–Crippen MR) is 74.5 cm³/mol. The molecule has 0 aliphatic carbocycles. The van der Waals surface area contributed by atoms with Crippen LogP contribution in [0.2, 0.25) is 0 Å². The van der Waals surface area contributed by atoms with Gasteiger partial charge in [0.1, 0.15) is 11.3 Å². The van der Waals surface area contributed by atoms with E-state index in [4.69, 9.17) is 14.6 Å². The Bertz CT molecular complexity index is 502. The molecule has 0 aliphatic heterocycles. The van der Waals surface area contributed by atoms with Crippen LogP contribution in [0.3, 0.4) is 0 Å². The number of ether oxygens (including phenoxy) is 2. The van der Waals surface area contributed by atoms with Crippen LogP contribution in [-0.2, 0) is 14.3 Å². The third-order valence-electron chi connectivity index (χ3n) is 2.76. The lowest BCUT2D eigenvalue weighted by atomic mass is 10.1. The Morgan fingerprint density at radius 2 is 1.90 bits per heavy atom. The first kappa shape index (κ1) is 15.8. The minimum atomic E-state index is -1.31. The quantitative estimate of drug-likeness (QED) is 0.374. The minimum absolute atomic E-state index is 0.318. The van der Waals surface area contributed by atoms with Crippen molar-refractivity contribution in [3.63, 3.8) is 0 Å². The monoisotopic (exact) mass is 278 g/mol. The van der Waals surface area contributed by atoms with E-state index in [1.165, 1.54) is 13.2 Å². The minimum Gasteiger partial charge on any atom is -0.497 e. The highest BCUT2D eigenvalue weighted by molar-refractivity contribution is 6.17. The summed E-state index contributed by atoms with van der Waals surface area (Å²) < 4.78 is 10.0. The first-order valence-corrected chi connectivity index (χ1v) is 6.28. The summed E-state index contributed by atoms with van der Waals surface area (Å²) in [5.74, 6) is -1.49. The third kappa shape index (κ3) is 4.42. The van der Waals surface area contributed by atoms with Gasteiger partial charge in [-0.15, -0.1) is 0 Å². The van der Waals surface area contributed by atoms with Gasteiger partial charge < -0.3 is 14.6 Å². The lowest BCUT2D eigenvalue weighted by molar-refractivity contribution is -0.147. The highest BCUT2D eigenvalue weighted by atomic mass is 16.5. The fraction of sp³-hybridized carbons (Fsp3) is 0.333. The summed E-state index contributed by atoms with van der Waals surface area (Å²) in [7, 11) is 1.54. The first-order chi connectivity index (χ1) is 9.47. The Kier molecular flexibility index (Phi) is 5.77. The molecule has 1 N–H and O–H groups in total. The van der Waals surface area contributed by atoms with Crippen LogP contribution >= 0.6 is 0 Å². The van der Waals surface area contributed by atoms with Crippen molar-refractivity contribution in [1.82, 2.24) is 0 Å². The molecule has 20 heavy (non-hydrogen) atoms. The fourth-order valence-corrected chi connectivity index (χ4v) is 1.40. The molecule has 0 aromatic heterocycles. The molecule has 0 spiro atoms. The van der Waals surface area contributed by atoms with Gasteiger partial charge in [-0.25, -0.2) is 9.59 Å². The second-order valence-corrected chi connectivity index (χ2v) is 4.26. The van der Waals surface area contributed by atoms with Crippen LogP contribution in [0.15, 0.2) is 29.8 Å². The zero-order valence-electron chi connectivity index (χ0n) is 11.8. The molecule has 0 saturated carbocycles. The number of aliphatic carboxylic acids is 1. The van der Waals surface area contributed by atoms with E-state index >= 15 is 0 Å². The van der Waals surface area contributed by atoms with Crippen LogP contribution in [0.5, 0.6) is 5.75 Å². The Labute approximate surface area is 117 Å². The topological polar surface area (TPSA) is 72.8 Å². The second kappa shape index (κ2) is 7.33. The van der Waals surface area contributed by atoms with Crippen molar-refractivity contribution in [3.05, 3.63) is 35.4 Å². The third-order valence-corrected chi connectivity index (χ3v) is 2.76. The zero-order valence-corrected chi connectivity index (χ0v) is 11.8. The van der Waals surface area contributed by atoms with E-state index in [1.807, 2.05) is 6.92 Å². The summed E-state index contributed by atoms with van der Waals surface area (Å²) in [5.41, 5.74) is 0.194. The van der Waals surface area contributed by atoms with Gasteiger partial charge >= 0.3 is 11.9 Å². The molecule has 1 rings (SSSR count). The summed E-state index contributed by atoms with van der Waals surface area (Å²) in [4.78, 5) is 22.9. The van der Waals surface area contributed by atoms with Gasteiger partial charge in [-0.1, -0.05) is 19.1 Å². The maximum Gasteiger partial charge on any atom is 0.345 e. The van der Waals surface area contributed by atoms with Crippen molar-refractivity contribution >= 4 is 18.0 Å². The van der Waals surface area contributed by atoms with E-state index in [1.54, 1.807) is 31.2 Å². The lowest BCUT2D eigenvalue weighted by Crippen LogP contribution is -2.20. The lowest BCUT2D eigenvalue weighted by Gasteiger charge is -2.11. The Morgan fingerprint density at radius 3 is 2.35 bits per heavy atom. The van der Waals surface area contributed by atoms with Crippen molar-refractivity contribution in [2.45, 2.75) is 26.4 Å². The molecule has 1 atom stereocenters. The van der Waals surface area contributed by atoms with E-state index in [-0.39, 0.29) is 6.10 Å². The average molecular weight is 278 g/mol. The van der Waals surface area contributed by atoms with Gasteiger partial charge in [0.25, 0.3) is 0 Å². The van der Waals surface area contributed by atoms with Gasteiger partial charge in [-0.3, -0.25) is 0 Å². The second-order valence-electron chi connectivity index (χ2n) is 4.26. The van der Waals surface area contributed by atoms with Gasteiger partial charge in [0.2, 0.25) is 0 Å². The molecular formula is C15H18O5. The highest BCUT2D eigenvalue weighted by Gasteiger charge is 2.20. The van der Waals surface area contributed by atoms with Crippen molar-refractivity contribution in [2.24, 2.45) is 0 Å². The predicted octanol–water partition coefficient (Wildman–Crippen LogP) is 2.50. The molecule has 0 radical (unpaired) electrons. The smallest absolute Gasteiger partial charge is 0.345 e. The Hall–Kier alpha value is -2.30. The number of carboxylic acids is 1. The van der Waals surface area contributed by atoms with Gasteiger partial charge in [0.05, 0.1) is 13.2 Å². The molecule has 0 fully saturated rings. The summed E-state index contributed by atoms with van der Waals surface area (Å²) in [6, 6.07) is 6.70. The number of methoxy groups -OCH3 is 1. The molecule has 0 heterocycles. The van der Waals surface area contributed by atoms with Crippen LogP contribution in [0, 0.1) is 0 Å². The van der Waals surface area contributed by atoms with Crippen LogP contribution in [0.4, 0.5) is 0 Å². The number of carboxylic acid groups (broad SMARTS) is 1. The Balaban J connectivity index is 2.97. The summed E-state index contributed by atoms with van der Waals surface area (Å²) >= 11 is 0. The van der Waals surface area contributed by atoms with Crippen LogP contribution in [0.1, 0.15) is 25.8 Å².